The fourth-order valence-corrected chi connectivity index (χ4v) is 5.59. The number of hydrogen-bond donors (Lipinski definition) is 2. The number of carbonyl (C=O) groups excluding carboxylic acids is 1. The molecule has 0 unspecified atom stereocenters. The van der Waals surface area contributed by atoms with E-state index < -0.39 is 0 Å². The lowest BCUT2D eigenvalue weighted by Crippen LogP contribution is -2.52. The van der Waals surface area contributed by atoms with E-state index in [1.807, 2.05) is 0 Å². The Morgan fingerprint density at radius 2 is 1.68 bits per heavy atom. The molecule has 3 rings (SSSR count). The summed E-state index contributed by atoms with van der Waals surface area (Å²) >= 11 is 0. The Bertz CT molecular complexity index is 467. The van der Waals surface area contributed by atoms with Gasteiger partial charge in [-0.25, -0.2) is 0 Å². The number of amides is 1. The van der Waals surface area contributed by atoms with E-state index in [1.54, 1.807) is 0 Å². The summed E-state index contributed by atoms with van der Waals surface area (Å²) in [6, 6.07) is 1.97. The van der Waals surface area contributed by atoms with Gasteiger partial charge in [0.1, 0.15) is 0 Å². The molecule has 0 aromatic carbocycles. The molecule has 28 heavy (non-hydrogen) atoms. The molecule has 3 fully saturated rings. The third kappa shape index (κ3) is 6.17. The van der Waals surface area contributed by atoms with Gasteiger partial charge in [0.15, 0.2) is 0 Å². The molecule has 0 spiro atoms. The maximum Gasteiger partial charge on any atom is 0.237 e. The number of rotatable bonds is 7. The number of carbonyl (C=O) groups is 1. The summed E-state index contributed by atoms with van der Waals surface area (Å²) in [6.45, 7) is 11.1. The Kier molecular flexibility index (Phi) is 8.61. The van der Waals surface area contributed by atoms with Crippen molar-refractivity contribution in [3.8, 4) is 0 Å². The van der Waals surface area contributed by atoms with Crippen molar-refractivity contribution < 1.29 is 4.79 Å². The molecule has 5 nitrogen and oxygen atoms in total. The second-order valence-corrected chi connectivity index (χ2v) is 9.74. The minimum atomic E-state index is 0.0494. The van der Waals surface area contributed by atoms with Gasteiger partial charge in [0.25, 0.3) is 0 Å². The summed E-state index contributed by atoms with van der Waals surface area (Å²) in [5, 5.41) is 7.16. The van der Waals surface area contributed by atoms with Crippen molar-refractivity contribution in [2.75, 3.05) is 26.2 Å². The van der Waals surface area contributed by atoms with Gasteiger partial charge in [0, 0.05) is 30.7 Å². The van der Waals surface area contributed by atoms with Crippen LogP contribution in [0.25, 0.3) is 0 Å². The molecule has 0 bridgehead atoms. The van der Waals surface area contributed by atoms with E-state index in [9.17, 15) is 4.79 Å². The highest BCUT2D eigenvalue weighted by Gasteiger charge is 2.41. The first-order chi connectivity index (χ1) is 13.6. The number of nitrogens with one attached hydrogen (secondary N) is 2. The number of likely N-dealkylation sites (tertiary alicyclic amines) is 2. The van der Waals surface area contributed by atoms with Gasteiger partial charge < -0.3 is 15.5 Å². The Hall–Kier alpha value is -0.650. The lowest BCUT2D eigenvalue weighted by molar-refractivity contribution is -0.127. The van der Waals surface area contributed by atoms with Crippen molar-refractivity contribution in [2.24, 2.45) is 0 Å². The summed E-state index contributed by atoms with van der Waals surface area (Å²) in [5.74, 6) is 0.246. The van der Waals surface area contributed by atoms with Gasteiger partial charge >= 0.3 is 0 Å². The molecule has 3 aliphatic rings. The Balaban J connectivity index is 1.60. The maximum absolute atomic E-state index is 13.0. The average molecular weight is 393 g/mol. The molecule has 2 aliphatic heterocycles. The summed E-state index contributed by atoms with van der Waals surface area (Å²) in [7, 11) is 0. The van der Waals surface area contributed by atoms with Gasteiger partial charge in [-0.15, -0.1) is 0 Å². The fourth-order valence-electron chi connectivity index (χ4n) is 5.59. The van der Waals surface area contributed by atoms with Crippen LogP contribution >= 0.6 is 0 Å². The van der Waals surface area contributed by atoms with E-state index in [0.29, 0.717) is 18.1 Å². The molecule has 1 amide bonds. The average Bonchev–Trinajstić information content (AvgIpc) is 2.91. The molecule has 162 valence electrons. The summed E-state index contributed by atoms with van der Waals surface area (Å²) in [4.78, 5) is 18.1. The quantitative estimate of drug-likeness (QED) is 0.654. The Morgan fingerprint density at radius 3 is 2.29 bits per heavy atom. The second kappa shape index (κ2) is 10.9. The van der Waals surface area contributed by atoms with Crippen LogP contribution in [0.1, 0.15) is 85.0 Å². The van der Waals surface area contributed by atoms with Crippen molar-refractivity contribution in [3.05, 3.63) is 0 Å². The van der Waals surface area contributed by atoms with Crippen molar-refractivity contribution in [1.82, 2.24) is 20.4 Å². The van der Waals surface area contributed by atoms with Crippen molar-refractivity contribution in [3.63, 3.8) is 0 Å². The lowest BCUT2D eigenvalue weighted by Gasteiger charge is -2.39. The molecule has 0 aromatic rings. The highest BCUT2D eigenvalue weighted by molar-refractivity contribution is 5.82. The first-order valence-corrected chi connectivity index (χ1v) is 12.1. The van der Waals surface area contributed by atoms with E-state index in [0.717, 1.165) is 13.0 Å². The third-order valence-electron chi connectivity index (χ3n) is 6.97. The smallest absolute Gasteiger partial charge is 0.237 e. The predicted octanol–water partition coefficient (Wildman–Crippen LogP) is 3.14. The first-order valence-electron chi connectivity index (χ1n) is 12.1. The van der Waals surface area contributed by atoms with Crippen LogP contribution < -0.4 is 10.6 Å². The lowest BCUT2D eigenvalue weighted by atomic mass is 10.0. The van der Waals surface area contributed by atoms with E-state index in [1.165, 1.54) is 77.4 Å². The maximum atomic E-state index is 13.0. The molecular weight excluding hydrogens is 348 g/mol. The van der Waals surface area contributed by atoms with Gasteiger partial charge in [0.05, 0.1) is 6.04 Å². The molecule has 5 heteroatoms. The first kappa shape index (κ1) is 22.0. The van der Waals surface area contributed by atoms with Crippen LogP contribution in [0.4, 0.5) is 0 Å². The van der Waals surface area contributed by atoms with Crippen LogP contribution in [0.5, 0.6) is 0 Å². The minimum Gasteiger partial charge on any atom is -0.353 e. The van der Waals surface area contributed by atoms with Gasteiger partial charge in [-0.3, -0.25) is 9.69 Å². The molecule has 2 saturated heterocycles. The number of hydrogen-bond acceptors (Lipinski definition) is 4. The van der Waals surface area contributed by atoms with Crippen LogP contribution in [0.15, 0.2) is 0 Å². The van der Waals surface area contributed by atoms with Gasteiger partial charge in [-0.1, -0.05) is 32.6 Å². The van der Waals surface area contributed by atoms with E-state index in [4.69, 9.17) is 0 Å². The molecule has 1 aliphatic carbocycles. The van der Waals surface area contributed by atoms with Crippen LogP contribution in [-0.4, -0.2) is 72.1 Å². The molecule has 0 radical (unpaired) electrons. The van der Waals surface area contributed by atoms with Crippen LogP contribution in [-0.2, 0) is 4.79 Å². The molecule has 1 saturated carbocycles. The van der Waals surface area contributed by atoms with Gasteiger partial charge in [-0.2, -0.15) is 0 Å². The normalized spacial score (nSPS) is 29.3. The van der Waals surface area contributed by atoms with Gasteiger partial charge in [-0.05, 0) is 72.0 Å². The van der Waals surface area contributed by atoms with Crippen molar-refractivity contribution >= 4 is 5.91 Å². The SMILES string of the molecule is CCCN1CCC(N2C[C@@H](NC3CCCCCC3)C[C@H]2C(=O)NC(C)C)CC1. The van der Waals surface area contributed by atoms with Gasteiger partial charge in [0.2, 0.25) is 5.91 Å². The standard InChI is InChI=1S/C23H44N4O/c1-4-13-26-14-11-21(12-15-26)27-17-20(16-22(27)23(28)24-18(2)3)25-19-9-7-5-6-8-10-19/h18-22,25H,4-17H2,1-3H3,(H,24,28)/t20-,22-/m0/s1. The molecule has 2 atom stereocenters. The molecular formula is C23H44N4O. The Labute approximate surface area is 173 Å². The third-order valence-corrected chi connectivity index (χ3v) is 6.97. The van der Waals surface area contributed by atoms with Crippen LogP contribution in [0.3, 0.4) is 0 Å². The zero-order valence-electron chi connectivity index (χ0n) is 18.6. The number of piperidine rings is 1. The Morgan fingerprint density at radius 1 is 1.00 bits per heavy atom. The molecule has 2 N–H and O–H groups in total. The highest BCUT2D eigenvalue weighted by atomic mass is 16.2. The summed E-state index contributed by atoms with van der Waals surface area (Å²) < 4.78 is 0. The zero-order valence-corrected chi connectivity index (χ0v) is 18.6. The number of nitrogens with zero attached hydrogens (tertiary/aromatic N) is 2. The highest BCUT2D eigenvalue weighted by Crippen LogP contribution is 2.28. The molecule has 0 aromatic heterocycles. The largest absolute Gasteiger partial charge is 0.353 e. The topological polar surface area (TPSA) is 47.6 Å². The van der Waals surface area contributed by atoms with E-state index >= 15 is 0 Å². The molecule has 2 heterocycles. The van der Waals surface area contributed by atoms with E-state index in [-0.39, 0.29) is 18.0 Å². The second-order valence-electron chi connectivity index (χ2n) is 9.74. The van der Waals surface area contributed by atoms with Crippen molar-refractivity contribution in [1.29, 1.82) is 0 Å². The summed E-state index contributed by atoms with van der Waals surface area (Å²) in [5.41, 5.74) is 0. The summed E-state index contributed by atoms with van der Waals surface area (Å²) in [6.07, 6.45) is 12.8. The minimum absolute atomic E-state index is 0.0494. The van der Waals surface area contributed by atoms with Crippen LogP contribution in [0.2, 0.25) is 0 Å². The monoisotopic (exact) mass is 392 g/mol. The zero-order chi connectivity index (χ0) is 19.9. The predicted molar refractivity (Wildman–Crippen MR) is 117 cm³/mol. The van der Waals surface area contributed by atoms with E-state index in [2.05, 4.69) is 41.2 Å². The van der Waals surface area contributed by atoms with Crippen LogP contribution in [0, 0.1) is 0 Å². The van der Waals surface area contributed by atoms with Crippen molar-refractivity contribution in [2.45, 2.75) is 115 Å². The fraction of sp³-hybridized carbons (Fsp3) is 0.957.